The summed E-state index contributed by atoms with van der Waals surface area (Å²) in [6, 6.07) is 15.2. The summed E-state index contributed by atoms with van der Waals surface area (Å²) in [5, 5.41) is 6.18. The van der Waals surface area contributed by atoms with Crippen molar-refractivity contribution in [3.05, 3.63) is 65.2 Å². The van der Waals surface area contributed by atoms with E-state index in [1.54, 1.807) is 7.11 Å². The molecule has 0 spiro atoms. The third kappa shape index (κ3) is 5.41. The topological polar surface area (TPSA) is 67.4 Å². The number of methoxy groups -OCH3 is 1. The van der Waals surface area contributed by atoms with Gasteiger partial charge in [0.05, 0.1) is 19.6 Å². The molecule has 5 nitrogen and oxygen atoms in total. The predicted molar refractivity (Wildman–Crippen MR) is 118 cm³/mol. The molecule has 3 rings (SSSR count). The standard InChI is InChI=1S/C25H32N2O3/c1-4-17(2)24(27-23(28)16-18-12-14-20(30-3)15-13-18)25(29)26-22-11-7-9-19-8-5-6-10-21(19)22/h5-6,8,10,12-15,17,22,24H,4,7,9,11,16H2,1-3H3,(H,26,29)(H,27,28). The summed E-state index contributed by atoms with van der Waals surface area (Å²) in [7, 11) is 1.61. The van der Waals surface area contributed by atoms with Crippen LogP contribution >= 0.6 is 0 Å². The Morgan fingerprint density at radius 3 is 2.57 bits per heavy atom. The number of fused-ring (bicyclic) bond motifs is 1. The number of ether oxygens (including phenoxy) is 1. The minimum atomic E-state index is -0.546. The van der Waals surface area contributed by atoms with E-state index in [4.69, 9.17) is 4.74 Å². The van der Waals surface area contributed by atoms with Gasteiger partial charge in [-0.3, -0.25) is 9.59 Å². The number of aryl methyl sites for hydroxylation is 1. The van der Waals surface area contributed by atoms with Crippen molar-refractivity contribution in [1.29, 1.82) is 0 Å². The molecule has 5 heteroatoms. The van der Waals surface area contributed by atoms with E-state index in [2.05, 4.69) is 22.8 Å². The van der Waals surface area contributed by atoms with Gasteiger partial charge in [0.15, 0.2) is 0 Å². The molecule has 1 aliphatic rings. The highest BCUT2D eigenvalue weighted by Gasteiger charge is 2.29. The zero-order valence-electron chi connectivity index (χ0n) is 18.1. The molecule has 2 amide bonds. The third-order valence-corrected chi connectivity index (χ3v) is 6.02. The summed E-state index contributed by atoms with van der Waals surface area (Å²) in [4.78, 5) is 25.8. The predicted octanol–water partition coefficient (Wildman–Crippen LogP) is 3.96. The molecule has 0 bridgehead atoms. The fourth-order valence-electron chi connectivity index (χ4n) is 4.02. The quantitative estimate of drug-likeness (QED) is 0.695. The lowest BCUT2D eigenvalue weighted by Gasteiger charge is -2.30. The van der Waals surface area contributed by atoms with Crippen molar-refractivity contribution in [3.63, 3.8) is 0 Å². The van der Waals surface area contributed by atoms with Gasteiger partial charge in [-0.15, -0.1) is 0 Å². The van der Waals surface area contributed by atoms with Crippen molar-refractivity contribution in [2.75, 3.05) is 7.11 Å². The van der Waals surface area contributed by atoms with Crippen molar-refractivity contribution in [2.45, 2.75) is 58.0 Å². The molecule has 0 radical (unpaired) electrons. The van der Waals surface area contributed by atoms with Crippen LogP contribution in [0.5, 0.6) is 5.75 Å². The first-order valence-corrected chi connectivity index (χ1v) is 10.8. The van der Waals surface area contributed by atoms with Crippen LogP contribution in [-0.4, -0.2) is 25.0 Å². The van der Waals surface area contributed by atoms with Gasteiger partial charge in [0.2, 0.25) is 11.8 Å². The van der Waals surface area contributed by atoms with Crippen LogP contribution in [0.4, 0.5) is 0 Å². The van der Waals surface area contributed by atoms with Crippen molar-refractivity contribution >= 4 is 11.8 Å². The Bertz CT molecular complexity index is 863. The number of rotatable bonds is 8. The molecule has 0 saturated carbocycles. The van der Waals surface area contributed by atoms with E-state index in [1.165, 1.54) is 11.1 Å². The maximum absolute atomic E-state index is 13.2. The first-order chi connectivity index (χ1) is 14.5. The number of nitrogens with one attached hydrogen (secondary N) is 2. The lowest BCUT2D eigenvalue weighted by atomic mass is 9.87. The van der Waals surface area contributed by atoms with Crippen molar-refractivity contribution in [3.8, 4) is 5.75 Å². The smallest absolute Gasteiger partial charge is 0.243 e. The molecule has 3 unspecified atom stereocenters. The first-order valence-electron chi connectivity index (χ1n) is 10.8. The molecule has 0 aliphatic heterocycles. The Kier molecular flexibility index (Phi) is 7.50. The number of benzene rings is 2. The molecule has 1 aliphatic carbocycles. The van der Waals surface area contributed by atoms with E-state index in [9.17, 15) is 9.59 Å². The fraction of sp³-hybridized carbons (Fsp3) is 0.440. The summed E-state index contributed by atoms with van der Waals surface area (Å²) < 4.78 is 5.16. The summed E-state index contributed by atoms with van der Waals surface area (Å²) in [5.41, 5.74) is 3.39. The van der Waals surface area contributed by atoms with Crippen LogP contribution in [0.25, 0.3) is 0 Å². The van der Waals surface area contributed by atoms with E-state index in [-0.39, 0.29) is 30.2 Å². The van der Waals surface area contributed by atoms with Crippen molar-refractivity contribution in [2.24, 2.45) is 5.92 Å². The lowest BCUT2D eigenvalue weighted by Crippen LogP contribution is -2.51. The number of hydrogen-bond donors (Lipinski definition) is 2. The molecule has 0 saturated heterocycles. The molecule has 0 aromatic heterocycles. The van der Waals surface area contributed by atoms with Gasteiger partial charge in [-0.25, -0.2) is 0 Å². The Morgan fingerprint density at radius 1 is 1.13 bits per heavy atom. The lowest BCUT2D eigenvalue weighted by molar-refractivity contribution is -0.130. The van der Waals surface area contributed by atoms with Gasteiger partial charge >= 0.3 is 0 Å². The molecule has 2 N–H and O–H groups in total. The SMILES string of the molecule is CCC(C)C(NC(=O)Cc1ccc(OC)cc1)C(=O)NC1CCCc2ccccc21. The van der Waals surface area contributed by atoms with Crippen molar-refractivity contribution < 1.29 is 14.3 Å². The fourth-order valence-corrected chi connectivity index (χ4v) is 4.02. The van der Waals surface area contributed by atoms with Gasteiger partial charge < -0.3 is 15.4 Å². The van der Waals surface area contributed by atoms with Gasteiger partial charge in [-0.2, -0.15) is 0 Å². The van der Waals surface area contributed by atoms with Crippen LogP contribution in [0.15, 0.2) is 48.5 Å². The van der Waals surface area contributed by atoms with Crippen molar-refractivity contribution in [1.82, 2.24) is 10.6 Å². The highest BCUT2D eigenvalue weighted by atomic mass is 16.5. The van der Waals surface area contributed by atoms with E-state index in [0.29, 0.717) is 0 Å². The minimum Gasteiger partial charge on any atom is -0.497 e. The van der Waals surface area contributed by atoms with Crippen LogP contribution in [0, 0.1) is 5.92 Å². The second-order valence-electron chi connectivity index (χ2n) is 8.11. The molecule has 0 fully saturated rings. The molecule has 0 heterocycles. The average molecular weight is 409 g/mol. The number of amides is 2. The average Bonchev–Trinajstić information content (AvgIpc) is 2.77. The third-order valence-electron chi connectivity index (χ3n) is 6.02. The second kappa shape index (κ2) is 10.3. The first kappa shape index (κ1) is 21.9. The van der Waals surface area contributed by atoms with Gasteiger partial charge in [-0.1, -0.05) is 56.7 Å². The largest absolute Gasteiger partial charge is 0.497 e. The molecule has 2 aromatic carbocycles. The molecule has 30 heavy (non-hydrogen) atoms. The summed E-state index contributed by atoms with van der Waals surface area (Å²) in [5.74, 6) is 0.547. The molecular weight excluding hydrogens is 376 g/mol. The maximum atomic E-state index is 13.2. The Hall–Kier alpha value is -2.82. The maximum Gasteiger partial charge on any atom is 0.243 e. The normalized spacial score (nSPS) is 17.4. The van der Waals surface area contributed by atoms with Crippen LogP contribution in [0.3, 0.4) is 0 Å². The van der Waals surface area contributed by atoms with Crippen LogP contribution < -0.4 is 15.4 Å². The molecule has 2 aromatic rings. The van der Waals surface area contributed by atoms with E-state index in [1.807, 2.05) is 50.2 Å². The van der Waals surface area contributed by atoms with E-state index >= 15 is 0 Å². The Morgan fingerprint density at radius 2 is 1.87 bits per heavy atom. The van der Waals surface area contributed by atoms with Crippen LogP contribution in [0.2, 0.25) is 0 Å². The Labute approximate surface area is 179 Å². The molecular formula is C25H32N2O3. The number of carbonyl (C=O) groups is 2. The van der Waals surface area contributed by atoms with E-state index in [0.717, 1.165) is 37.0 Å². The number of carbonyl (C=O) groups excluding carboxylic acids is 2. The molecule has 3 atom stereocenters. The highest BCUT2D eigenvalue weighted by Crippen LogP contribution is 2.29. The second-order valence-corrected chi connectivity index (χ2v) is 8.11. The van der Waals surface area contributed by atoms with Gasteiger partial charge in [-0.05, 0) is 54.0 Å². The summed E-state index contributed by atoms with van der Waals surface area (Å²) >= 11 is 0. The van der Waals surface area contributed by atoms with Gasteiger partial charge in [0.1, 0.15) is 11.8 Å². The monoisotopic (exact) mass is 408 g/mol. The molecule has 160 valence electrons. The van der Waals surface area contributed by atoms with Crippen LogP contribution in [-0.2, 0) is 22.4 Å². The highest BCUT2D eigenvalue weighted by molar-refractivity contribution is 5.89. The van der Waals surface area contributed by atoms with Gasteiger partial charge in [0, 0.05) is 0 Å². The zero-order chi connectivity index (χ0) is 21.5. The van der Waals surface area contributed by atoms with Crippen LogP contribution in [0.1, 0.15) is 55.8 Å². The van der Waals surface area contributed by atoms with Gasteiger partial charge in [0.25, 0.3) is 0 Å². The minimum absolute atomic E-state index is 0.00694. The van der Waals surface area contributed by atoms with E-state index < -0.39 is 6.04 Å². The number of hydrogen-bond acceptors (Lipinski definition) is 3. The zero-order valence-corrected chi connectivity index (χ0v) is 18.1. The summed E-state index contributed by atoms with van der Waals surface area (Å²) in [6.07, 6.45) is 4.07. The Balaban J connectivity index is 1.66. The summed E-state index contributed by atoms with van der Waals surface area (Å²) in [6.45, 7) is 4.04.